The smallest absolute Gasteiger partial charge is 0.260 e. The van der Waals surface area contributed by atoms with E-state index in [1.165, 1.54) is 18.2 Å². The number of rotatable bonds is 6. The number of amides is 1. The third-order valence-electron chi connectivity index (χ3n) is 4.37. The second-order valence-corrected chi connectivity index (χ2v) is 6.37. The van der Waals surface area contributed by atoms with Crippen molar-refractivity contribution < 1.29 is 23.8 Å². The minimum Gasteiger partial charge on any atom is -0.504 e. The summed E-state index contributed by atoms with van der Waals surface area (Å²) >= 11 is 0. The van der Waals surface area contributed by atoms with Crippen molar-refractivity contribution >= 4 is 5.91 Å². The molecule has 0 spiro atoms. The number of benzene rings is 2. The molecular weight excluding hydrogens is 337 g/mol. The molecule has 0 bridgehead atoms. The molecule has 2 aromatic carbocycles. The zero-order valence-corrected chi connectivity index (χ0v) is 14.4. The molecule has 0 aliphatic carbocycles. The number of piperidine rings is 1. The van der Waals surface area contributed by atoms with Gasteiger partial charge < -0.3 is 19.5 Å². The quantitative estimate of drug-likeness (QED) is 0.860. The molecule has 1 saturated heterocycles. The van der Waals surface area contributed by atoms with Crippen LogP contribution in [0.1, 0.15) is 12.8 Å². The Morgan fingerprint density at radius 2 is 2.04 bits per heavy atom. The van der Waals surface area contributed by atoms with E-state index in [4.69, 9.17) is 9.47 Å². The van der Waals surface area contributed by atoms with Crippen molar-refractivity contribution in [3.63, 3.8) is 0 Å². The first-order chi connectivity index (χ1) is 12.6. The van der Waals surface area contributed by atoms with Gasteiger partial charge in [0.25, 0.3) is 5.91 Å². The summed E-state index contributed by atoms with van der Waals surface area (Å²) < 4.78 is 24.3. The maximum atomic E-state index is 13.2. The van der Waals surface area contributed by atoms with Crippen molar-refractivity contribution in [2.75, 3.05) is 26.3 Å². The summed E-state index contributed by atoms with van der Waals surface area (Å²) in [5.41, 5.74) is 0. The van der Waals surface area contributed by atoms with Gasteiger partial charge in [0.2, 0.25) is 0 Å². The van der Waals surface area contributed by atoms with Crippen LogP contribution in [0.25, 0.3) is 0 Å². The highest BCUT2D eigenvalue weighted by molar-refractivity contribution is 5.78. The zero-order chi connectivity index (χ0) is 18.4. The van der Waals surface area contributed by atoms with Crippen LogP contribution >= 0.6 is 0 Å². The van der Waals surface area contributed by atoms with Crippen LogP contribution in [0.4, 0.5) is 4.39 Å². The number of carbonyl (C=O) groups excluding carboxylic acids is 1. The topological polar surface area (TPSA) is 59.0 Å². The van der Waals surface area contributed by atoms with Crippen molar-refractivity contribution in [2.45, 2.75) is 12.8 Å². The summed E-state index contributed by atoms with van der Waals surface area (Å²) in [5, 5.41) is 9.68. The molecule has 1 atom stereocenters. The Kier molecular flexibility index (Phi) is 5.94. The van der Waals surface area contributed by atoms with Gasteiger partial charge in [-0.3, -0.25) is 4.79 Å². The van der Waals surface area contributed by atoms with Gasteiger partial charge in [-0.05, 0) is 37.1 Å². The normalized spacial score (nSPS) is 17.0. The highest BCUT2D eigenvalue weighted by Crippen LogP contribution is 2.25. The van der Waals surface area contributed by atoms with E-state index in [9.17, 15) is 14.3 Å². The van der Waals surface area contributed by atoms with E-state index in [0.29, 0.717) is 31.2 Å². The SMILES string of the molecule is O=C(COc1ccccc1O)N1CCC[C@H](COc2cccc(F)c2)C1. The number of carbonyl (C=O) groups is 1. The van der Waals surface area contributed by atoms with Crippen LogP contribution < -0.4 is 9.47 Å². The molecular formula is C20H22FNO4. The Morgan fingerprint density at radius 3 is 2.85 bits per heavy atom. The lowest BCUT2D eigenvalue weighted by molar-refractivity contribution is -0.135. The first-order valence-electron chi connectivity index (χ1n) is 8.69. The molecule has 0 aromatic heterocycles. The average molecular weight is 359 g/mol. The van der Waals surface area contributed by atoms with E-state index in [1.807, 2.05) is 0 Å². The van der Waals surface area contributed by atoms with Crippen LogP contribution in [0.2, 0.25) is 0 Å². The van der Waals surface area contributed by atoms with E-state index in [1.54, 1.807) is 35.2 Å². The third kappa shape index (κ3) is 4.88. The largest absolute Gasteiger partial charge is 0.504 e. The van der Waals surface area contributed by atoms with Gasteiger partial charge in [-0.1, -0.05) is 18.2 Å². The number of phenolic OH excluding ortho intramolecular Hbond substituents is 1. The number of nitrogens with zero attached hydrogens (tertiary/aromatic N) is 1. The minimum atomic E-state index is -0.329. The molecule has 0 saturated carbocycles. The van der Waals surface area contributed by atoms with Gasteiger partial charge in [-0.15, -0.1) is 0 Å². The molecule has 2 aromatic rings. The van der Waals surface area contributed by atoms with Crippen LogP contribution in [0.3, 0.4) is 0 Å². The van der Waals surface area contributed by atoms with Crippen LogP contribution in [0.15, 0.2) is 48.5 Å². The lowest BCUT2D eigenvalue weighted by Crippen LogP contribution is -2.43. The van der Waals surface area contributed by atoms with Crippen LogP contribution in [-0.2, 0) is 4.79 Å². The molecule has 1 fully saturated rings. The van der Waals surface area contributed by atoms with Gasteiger partial charge in [-0.25, -0.2) is 4.39 Å². The molecule has 1 amide bonds. The monoisotopic (exact) mass is 359 g/mol. The number of phenols is 1. The van der Waals surface area contributed by atoms with Crippen molar-refractivity contribution in [3.8, 4) is 17.2 Å². The van der Waals surface area contributed by atoms with Gasteiger partial charge in [0.15, 0.2) is 18.1 Å². The number of ether oxygens (including phenoxy) is 2. The molecule has 138 valence electrons. The van der Waals surface area contributed by atoms with Crippen molar-refractivity contribution in [1.29, 1.82) is 0 Å². The van der Waals surface area contributed by atoms with Crippen molar-refractivity contribution in [2.24, 2.45) is 5.92 Å². The highest BCUT2D eigenvalue weighted by atomic mass is 19.1. The second-order valence-electron chi connectivity index (χ2n) is 6.37. The number of aromatic hydroxyl groups is 1. The van der Waals surface area contributed by atoms with Gasteiger partial charge in [0, 0.05) is 25.1 Å². The Balaban J connectivity index is 1.48. The van der Waals surface area contributed by atoms with Crippen LogP contribution in [0, 0.1) is 11.7 Å². The van der Waals surface area contributed by atoms with Crippen molar-refractivity contribution in [1.82, 2.24) is 4.90 Å². The van der Waals surface area contributed by atoms with E-state index in [-0.39, 0.29) is 30.0 Å². The molecule has 1 N–H and O–H groups in total. The number of hydrogen-bond donors (Lipinski definition) is 1. The van der Waals surface area contributed by atoms with E-state index in [0.717, 1.165) is 12.8 Å². The summed E-state index contributed by atoms with van der Waals surface area (Å²) in [6.07, 6.45) is 1.85. The summed E-state index contributed by atoms with van der Waals surface area (Å²) in [5.74, 6) is 0.551. The number of halogens is 1. The van der Waals surface area contributed by atoms with Crippen LogP contribution in [-0.4, -0.2) is 42.2 Å². The fraction of sp³-hybridized carbons (Fsp3) is 0.350. The summed E-state index contributed by atoms with van der Waals surface area (Å²) in [7, 11) is 0. The highest BCUT2D eigenvalue weighted by Gasteiger charge is 2.24. The fourth-order valence-corrected chi connectivity index (χ4v) is 3.01. The van der Waals surface area contributed by atoms with Crippen molar-refractivity contribution in [3.05, 3.63) is 54.3 Å². The standard InChI is InChI=1S/C20H22FNO4/c21-16-6-3-7-17(11-16)25-13-15-5-4-10-22(12-15)20(24)14-26-19-9-2-1-8-18(19)23/h1-3,6-9,11,15,23H,4-5,10,12-14H2/t15-/m0/s1. The Labute approximate surface area is 152 Å². The van der Waals surface area contributed by atoms with E-state index >= 15 is 0 Å². The zero-order valence-electron chi connectivity index (χ0n) is 14.4. The molecule has 1 aliphatic heterocycles. The summed E-state index contributed by atoms with van der Waals surface area (Å²) in [6, 6.07) is 12.6. The second kappa shape index (κ2) is 8.56. The maximum absolute atomic E-state index is 13.2. The number of hydrogen-bond acceptors (Lipinski definition) is 4. The van der Waals surface area contributed by atoms with E-state index in [2.05, 4.69) is 0 Å². The van der Waals surface area contributed by atoms with Gasteiger partial charge in [0.05, 0.1) is 6.61 Å². The number of likely N-dealkylation sites (tertiary alicyclic amines) is 1. The van der Waals surface area contributed by atoms with Gasteiger partial charge >= 0.3 is 0 Å². The van der Waals surface area contributed by atoms with Gasteiger partial charge in [0.1, 0.15) is 11.6 Å². The Bertz CT molecular complexity index is 752. The first-order valence-corrected chi connectivity index (χ1v) is 8.69. The molecule has 6 heteroatoms. The molecule has 26 heavy (non-hydrogen) atoms. The van der Waals surface area contributed by atoms with Gasteiger partial charge in [-0.2, -0.15) is 0 Å². The first kappa shape index (κ1) is 18.0. The predicted octanol–water partition coefficient (Wildman–Crippen LogP) is 3.23. The molecule has 5 nitrogen and oxygen atoms in total. The molecule has 1 heterocycles. The molecule has 3 rings (SSSR count). The molecule has 0 radical (unpaired) electrons. The maximum Gasteiger partial charge on any atom is 0.260 e. The minimum absolute atomic E-state index is 0.0142. The third-order valence-corrected chi connectivity index (χ3v) is 4.37. The fourth-order valence-electron chi connectivity index (χ4n) is 3.01. The number of para-hydroxylation sites is 2. The molecule has 1 aliphatic rings. The Hall–Kier alpha value is -2.76. The lowest BCUT2D eigenvalue weighted by Gasteiger charge is -2.32. The lowest BCUT2D eigenvalue weighted by atomic mass is 9.99. The van der Waals surface area contributed by atoms with E-state index < -0.39 is 0 Å². The molecule has 0 unspecified atom stereocenters. The average Bonchev–Trinajstić information content (AvgIpc) is 2.66. The Morgan fingerprint density at radius 1 is 1.19 bits per heavy atom. The summed E-state index contributed by atoms with van der Waals surface area (Å²) in [4.78, 5) is 14.1. The summed E-state index contributed by atoms with van der Waals surface area (Å²) in [6.45, 7) is 1.58. The van der Waals surface area contributed by atoms with Crippen LogP contribution in [0.5, 0.6) is 17.2 Å². The predicted molar refractivity (Wildman–Crippen MR) is 94.8 cm³/mol.